The number of thioether (sulfide) groups is 1. The summed E-state index contributed by atoms with van der Waals surface area (Å²) < 4.78 is 13.0. The quantitative estimate of drug-likeness (QED) is 0.199. The van der Waals surface area contributed by atoms with Crippen molar-refractivity contribution in [2.24, 2.45) is 0 Å². The van der Waals surface area contributed by atoms with Gasteiger partial charge >= 0.3 is 0 Å². The Labute approximate surface area is 232 Å². The van der Waals surface area contributed by atoms with Crippen molar-refractivity contribution in [3.8, 4) is 28.6 Å². The highest BCUT2D eigenvalue weighted by molar-refractivity contribution is 7.99. The Hall–Kier alpha value is -3.79. The molecule has 0 aliphatic carbocycles. The van der Waals surface area contributed by atoms with E-state index in [4.69, 9.17) is 37.5 Å². The summed E-state index contributed by atoms with van der Waals surface area (Å²) >= 11 is 13.2. The van der Waals surface area contributed by atoms with Crippen LogP contribution in [0.3, 0.4) is 0 Å². The summed E-state index contributed by atoms with van der Waals surface area (Å²) in [6.07, 6.45) is 0. The van der Waals surface area contributed by atoms with Gasteiger partial charge in [-0.25, -0.2) is 0 Å². The molecular weight excluding hydrogens is 545 g/mol. The first-order chi connectivity index (χ1) is 18.5. The number of ether oxygens (including phenoxy) is 1. The second kappa shape index (κ2) is 11.7. The average molecular weight is 566 g/mol. The van der Waals surface area contributed by atoms with E-state index < -0.39 is 0 Å². The first-order valence-corrected chi connectivity index (χ1v) is 13.2. The van der Waals surface area contributed by atoms with Gasteiger partial charge < -0.3 is 14.5 Å². The molecule has 192 valence electrons. The lowest BCUT2D eigenvalue weighted by atomic mass is 10.1. The van der Waals surface area contributed by atoms with Crippen molar-refractivity contribution < 1.29 is 13.9 Å². The Morgan fingerprint density at radius 2 is 1.82 bits per heavy atom. The fourth-order valence-electron chi connectivity index (χ4n) is 3.64. The Morgan fingerprint density at radius 3 is 2.55 bits per heavy atom. The number of rotatable bonds is 9. The molecule has 2 aromatic heterocycles. The van der Waals surface area contributed by atoms with Crippen LogP contribution in [0.1, 0.15) is 5.56 Å². The van der Waals surface area contributed by atoms with Crippen molar-refractivity contribution in [1.29, 1.82) is 0 Å². The molecule has 5 rings (SSSR count). The van der Waals surface area contributed by atoms with Crippen LogP contribution in [0, 0.1) is 0 Å². The molecule has 0 radical (unpaired) electrons. The van der Waals surface area contributed by atoms with Gasteiger partial charge in [0.25, 0.3) is 11.1 Å². The molecule has 1 N–H and O–H groups in total. The first kappa shape index (κ1) is 25.8. The molecule has 0 saturated carbocycles. The number of hydrogen-bond donors (Lipinski definition) is 1. The predicted molar refractivity (Wildman–Crippen MR) is 149 cm³/mol. The highest BCUT2D eigenvalue weighted by Gasteiger charge is 2.19. The summed E-state index contributed by atoms with van der Waals surface area (Å²) in [5, 5.41) is 17.0. The SMILES string of the molecule is COc1ccc(-c2cc(-c3nnc(SCC(=O)Nc4ccc(Cl)cc4Cl)o3)n(Cc3ccccc3)n2)cc1. The zero-order chi connectivity index (χ0) is 26.5. The molecule has 0 bridgehead atoms. The zero-order valence-electron chi connectivity index (χ0n) is 20.1. The number of anilines is 1. The third kappa shape index (κ3) is 6.19. The van der Waals surface area contributed by atoms with Gasteiger partial charge in [0.15, 0.2) is 0 Å². The van der Waals surface area contributed by atoms with Crippen molar-refractivity contribution >= 4 is 46.6 Å². The monoisotopic (exact) mass is 565 g/mol. The van der Waals surface area contributed by atoms with E-state index in [0.29, 0.717) is 33.9 Å². The van der Waals surface area contributed by atoms with Crippen molar-refractivity contribution in [1.82, 2.24) is 20.0 Å². The van der Waals surface area contributed by atoms with Crippen LogP contribution in [0.15, 0.2) is 88.5 Å². The Kier molecular flexibility index (Phi) is 7.97. The Morgan fingerprint density at radius 1 is 1.03 bits per heavy atom. The minimum atomic E-state index is -0.269. The molecule has 0 atom stereocenters. The average Bonchev–Trinajstić information content (AvgIpc) is 3.57. The van der Waals surface area contributed by atoms with Gasteiger partial charge in [-0.05, 0) is 54.1 Å². The number of nitrogens with one attached hydrogen (secondary N) is 1. The molecule has 11 heteroatoms. The Balaban J connectivity index is 1.34. The van der Waals surface area contributed by atoms with E-state index in [9.17, 15) is 4.79 Å². The van der Waals surface area contributed by atoms with Gasteiger partial charge in [-0.2, -0.15) is 5.10 Å². The van der Waals surface area contributed by atoms with Gasteiger partial charge in [-0.1, -0.05) is 65.3 Å². The van der Waals surface area contributed by atoms with E-state index in [0.717, 1.165) is 34.3 Å². The smallest absolute Gasteiger partial charge is 0.277 e. The van der Waals surface area contributed by atoms with Gasteiger partial charge in [0.2, 0.25) is 5.91 Å². The summed E-state index contributed by atoms with van der Waals surface area (Å²) in [6, 6.07) is 24.4. The maximum Gasteiger partial charge on any atom is 0.277 e. The van der Waals surface area contributed by atoms with Gasteiger partial charge in [0, 0.05) is 10.6 Å². The molecule has 0 fully saturated rings. The largest absolute Gasteiger partial charge is 0.497 e. The van der Waals surface area contributed by atoms with E-state index in [-0.39, 0.29) is 16.9 Å². The van der Waals surface area contributed by atoms with Crippen LogP contribution in [0.4, 0.5) is 5.69 Å². The molecule has 5 aromatic rings. The van der Waals surface area contributed by atoms with E-state index in [1.165, 1.54) is 0 Å². The van der Waals surface area contributed by atoms with E-state index in [1.54, 1.807) is 25.3 Å². The summed E-state index contributed by atoms with van der Waals surface area (Å²) in [5.41, 5.74) is 3.89. The van der Waals surface area contributed by atoms with Crippen LogP contribution in [0.5, 0.6) is 5.75 Å². The van der Waals surface area contributed by atoms with Gasteiger partial charge in [0.1, 0.15) is 11.4 Å². The summed E-state index contributed by atoms with van der Waals surface area (Å²) in [5.74, 6) is 0.853. The number of methoxy groups -OCH3 is 1. The van der Waals surface area contributed by atoms with Crippen LogP contribution < -0.4 is 10.1 Å². The second-order valence-electron chi connectivity index (χ2n) is 8.12. The summed E-state index contributed by atoms with van der Waals surface area (Å²) in [4.78, 5) is 12.4. The molecule has 38 heavy (non-hydrogen) atoms. The fourth-order valence-corrected chi connectivity index (χ4v) is 4.66. The van der Waals surface area contributed by atoms with Gasteiger partial charge in [0.05, 0.1) is 35.8 Å². The van der Waals surface area contributed by atoms with E-state index in [2.05, 4.69) is 15.5 Å². The molecule has 1 amide bonds. The third-order valence-electron chi connectivity index (χ3n) is 5.50. The van der Waals surface area contributed by atoms with Crippen molar-refractivity contribution in [2.75, 3.05) is 18.2 Å². The molecule has 0 saturated heterocycles. The number of benzene rings is 3. The maximum atomic E-state index is 12.4. The Bertz CT molecular complexity index is 1560. The summed E-state index contributed by atoms with van der Waals surface area (Å²) in [6.45, 7) is 0.515. The molecule has 0 aliphatic heterocycles. The molecule has 8 nitrogen and oxygen atoms in total. The lowest BCUT2D eigenvalue weighted by molar-refractivity contribution is -0.113. The number of hydrogen-bond acceptors (Lipinski definition) is 7. The normalized spacial score (nSPS) is 10.9. The predicted octanol–water partition coefficient (Wildman–Crippen LogP) is 6.69. The number of halogens is 2. The van der Waals surface area contributed by atoms with Crippen LogP contribution in [-0.4, -0.2) is 38.7 Å². The minimum Gasteiger partial charge on any atom is -0.497 e. The number of aromatic nitrogens is 4. The number of carbonyl (C=O) groups is 1. The fraction of sp³-hybridized carbons (Fsp3) is 0.111. The maximum absolute atomic E-state index is 12.4. The summed E-state index contributed by atoms with van der Waals surface area (Å²) in [7, 11) is 1.63. The van der Waals surface area contributed by atoms with Crippen LogP contribution >= 0.6 is 35.0 Å². The van der Waals surface area contributed by atoms with Crippen LogP contribution in [0.2, 0.25) is 10.0 Å². The second-order valence-corrected chi connectivity index (χ2v) is 9.89. The number of carbonyl (C=O) groups excluding carboxylic acids is 1. The van der Waals surface area contributed by atoms with Crippen molar-refractivity contribution in [3.05, 3.63) is 94.5 Å². The highest BCUT2D eigenvalue weighted by Crippen LogP contribution is 2.30. The first-order valence-electron chi connectivity index (χ1n) is 11.5. The molecule has 0 spiro atoms. The highest BCUT2D eigenvalue weighted by atomic mass is 35.5. The molecule has 3 aromatic carbocycles. The van der Waals surface area contributed by atoms with Crippen molar-refractivity contribution in [3.63, 3.8) is 0 Å². The molecule has 0 unspecified atom stereocenters. The minimum absolute atomic E-state index is 0.0565. The van der Waals surface area contributed by atoms with E-state index in [1.807, 2.05) is 65.3 Å². The molecular formula is C27H21Cl2N5O3S. The van der Waals surface area contributed by atoms with Crippen molar-refractivity contribution in [2.45, 2.75) is 11.8 Å². The lowest BCUT2D eigenvalue weighted by Gasteiger charge is -2.06. The number of nitrogens with zero attached hydrogens (tertiary/aromatic N) is 4. The third-order valence-corrected chi connectivity index (χ3v) is 6.86. The molecule has 2 heterocycles. The zero-order valence-corrected chi connectivity index (χ0v) is 22.4. The molecule has 0 aliphatic rings. The van der Waals surface area contributed by atoms with E-state index >= 15 is 0 Å². The van der Waals surface area contributed by atoms with Gasteiger partial charge in [-0.15, -0.1) is 10.2 Å². The van der Waals surface area contributed by atoms with Crippen LogP contribution in [0.25, 0.3) is 22.8 Å². The topological polar surface area (TPSA) is 95.1 Å². The lowest BCUT2D eigenvalue weighted by Crippen LogP contribution is -2.14. The van der Waals surface area contributed by atoms with Gasteiger partial charge in [-0.3, -0.25) is 9.48 Å². The van der Waals surface area contributed by atoms with Crippen LogP contribution in [-0.2, 0) is 11.3 Å². The number of amides is 1. The standard InChI is InChI=1S/C27H21Cl2N5O3S/c1-36-20-10-7-18(8-11-20)23-14-24(34(33-23)15-17-5-3-2-4-6-17)26-31-32-27(37-26)38-16-25(35)30-22-12-9-19(28)13-21(22)29/h2-14H,15-16H2,1H3,(H,30,35).